The van der Waals surface area contributed by atoms with E-state index in [1.165, 1.54) is 21.3 Å². The number of aromatic nitrogens is 2. The molecule has 2 atom stereocenters. The Bertz CT molecular complexity index is 1450. The van der Waals surface area contributed by atoms with Gasteiger partial charge in [0.1, 0.15) is 11.8 Å². The van der Waals surface area contributed by atoms with E-state index in [1.54, 1.807) is 50.6 Å². The summed E-state index contributed by atoms with van der Waals surface area (Å²) in [5.41, 5.74) is 2.13. The average molecular weight is 493 g/mol. The van der Waals surface area contributed by atoms with Crippen molar-refractivity contribution in [2.24, 2.45) is 12.1 Å². The van der Waals surface area contributed by atoms with Crippen molar-refractivity contribution in [2.75, 3.05) is 0 Å². The molecule has 1 aliphatic rings. The zero-order chi connectivity index (χ0) is 23.8. The van der Waals surface area contributed by atoms with Gasteiger partial charge in [-0.2, -0.15) is 5.10 Å². The van der Waals surface area contributed by atoms with Gasteiger partial charge in [-0.15, -0.1) is 0 Å². The van der Waals surface area contributed by atoms with Gasteiger partial charge >= 0.3 is 0 Å². The van der Waals surface area contributed by atoms with E-state index >= 15 is 0 Å². The normalized spacial score (nSPS) is 16.6. The topological polar surface area (TPSA) is 80.7 Å². The fourth-order valence-electron chi connectivity index (χ4n) is 3.93. The first-order chi connectivity index (χ1) is 16.4. The molecule has 34 heavy (non-hydrogen) atoms. The number of halogens is 1. The van der Waals surface area contributed by atoms with Crippen molar-refractivity contribution in [1.82, 2.24) is 14.6 Å². The number of benzene rings is 2. The van der Waals surface area contributed by atoms with E-state index < -0.39 is 5.25 Å². The predicted molar refractivity (Wildman–Crippen MR) is 133 cm³/mol. The highest BCUT2D eigenvalue weighted by atomic mass is 35.5. The molecule has 2 aromatic heterocycles. The Labute approximate surface area is 205 Å². The molecular formula is C25H21ClN4O3S. The monoisotopic (exact) mass is 492 g/mol. The third-order valence-electron chi connectivity index (χ3n) is 5.76. The van der Waals surface area contributed by atoms with E-state index in [2.05, 4.69) is 10.1 Å². The number of hydrazone groups is 1. The van der Waals surface area contributed by atoms with Crippen LogP contribution in [-0.4, -0.2) is 31.4 Å². The molecule has 0 saturated carbocycles. The van der Waals surface area contributed by atoms with E-state index in [4.69, 9.17) is 16.0 Å². The Morgan fingerprint density at radius 3 is 2.65 bits per heavy atom. The molecule has 0 aliphatic carbocycles. The standard InChI is InChI=1S/C25H21ClN4O3S/c1-15(34-25-27-19-7-4-3-6-18(19)24(32)29(25)2)23(31)30-21(22-8-5-13-33-22)14-20(28-30)16-9-11-17(26)12-10-16/h3-13,15,21H,14H2,1-2H3. The number of rotatable bonds is 5. The fraction of sp³-hybridized carbons (Fsp3) is 0.200. The molecule has 1 amide bonds. The molecule has 0 bridgehead atoms. The van der Waals surface area contributed by atoms with Crippen LogP contribution >= 0.6 is 23.4 Å². The highest BCUT2D eigenvalue weighted by molar-refractivity contribution is 8.00. The lowest BCUT2D eigenvalue weighted by Crippen LogP contribution is -2.33. The lowest BCUT2D eigenvalue weighted by Gasteiger charge is -2.23. The van der Waals surface area contributed by atoms with Crippen LogP contribution in [-0.2, 0) is 11.8 Å². The molecule has 0 fully saturated rings. The lowest BCUT2D eigenvalue weighted by atomic mass is 10.0. The van der Waals surface area contributed by atoms with Crippen LogP contribution in [0.15, 0.2) is 86.4 Å². The number of hydrogen-bond acceptors (Lipinski definition) is 6. The summed E-state index contributed by atoms with van der Waals surface area (Å²) in [6, 6.07) is 17.9. The van der Waals surface area contributed by atoms with Crippen LogP contribution in [0, 0.1) is 0 Å². The van der Waals surface area contributed by atoms with Crippen molar-refractivity contribution in [3.8, 4) is 0 Å². The molecule has 7 nitrogen and oxygen atoms in total. The van der Waals surface area contributed by atoms with E-state index in [0.29, 0.717) is 33.3 Å². The van der Waals surface area contributed by atoms with Crippen molar-refractivity contribution in [3.63, 3.8) is 0 Å². The Balaban J connectivity index is 1.45. The van der Waals surface area contributed by atoms with E-state index in [-0.39, 0.29) is 17.5 Å². The van der Waals surface area contributed by atoms with Gasteiger partial charge in [-0.1, -0.05) is 47.6 Å². The number of hydrogen-bond donors (Lipinski definition) is 0. The second-order valence-corrected chi connectivity index (χ2v) is 9.75. The van der Waals surface area contributed by atoms with Gasteiger partial charge in [-0.3, -0.25) is 14.2 Å². The summed E-state index contributed by atoms with van der Waals surface area (Å²) in [5, 5.41) is 7.27. The first kappa shape index (κ1) is 22.4. The maximum Gasteiger partial charge on any atom is 0.261 e. The van der Waals surface area contributed by atoms with Crippen LogP contribution in [0.4, 0.5) is 0 Å². The Kier molecular flexibility index (Phi) is 6.02. The van der Waals surface area contributed by atoms with Crippen molar-refractivity contribution >= 4 is 45.9 Å². The van der Waals surface area contributed by atoms with Gasteiger partial charge in [0.15, 0.2) is 5.16 Å². The van der Waals surface area contributed by atoms with Crippen LogP contribution in [0.2, 0.25) is 5.02 Å². The lowest BCUT2D eigenvalue weighted by molar-refractivity contribution is -0.132. The molecule has 2 aromatic carbocycles. The van der Waals surface area contributed by atoms with Crippen molar-refractivity contribution in [1.29, 1.82) is 0 Å². The molecule has 5 rings (SSSR count). The molecule has 172 valence electrons. The summed E-state index contributed by atoms with van der Waals surface area (Å²) in [6.45, 7) is 1.79. The molecule has 1 aliphatic heterocycles. The zero-order valence-electron chi connectivity index (χ0n) is 18.5. The van der Waals surface area contributed by atoms with E-state index in [1.807, 2.05) is 30.3 Å². The minimum absolute atomic E-state index is 0.148. The third kappa shape index (κ3) is 4.15. The number of para-hydroxylation sites is 1. The zero-order valence-corrected chi connectivity index (χ0v) is 20.1. The number of nitrogens with zero attached hydrogens (tertiary/aromatic N) is 4. The number of carbonyl (C=O) groups is 1. The summed E-state index contributed by atoms with van der Waals surface area (Å²) in [4.78, 5) is 30.9. The Morgan fingerprint density at radius 1 is 1.15 bits per heavy atom. The van der Waals surface area contributed by atoms with Crippen LogP contribution in [0.25, 0.3) is 10.9 Å². The predicted octanol–water partition coefficient (Wildman–Crippen LogP) is 5.04. The van der Waals surface area contributed by atoms with E-state index in [0.717, 1.165) is 11.3 Å². The minimum Gasteiger partial charge on any atom is -0.467 e. The second-order valence-electron chi connectivity index (χ2n) is 8.01. The number of thioether (sulfide) groups is 1. The van der Waals surface area contributed by atoms with Gasteiger partial charge in [0.05, 0.1) is 28.1 Å². The van der Waals surface area contributed by atoms with Gasteiger partial charge in [0.25, 0.3) is 11.5 Å². The summed E-state index contributed by atoms with van der Waals surface area (Å²) < 4.78 is 7.11. The summed E-state index contributed by atoms with van der Waals surface area (Å²) >= 11 is 7.27. The molecule has 0 saturated heterocycles. The van der Waals surface area contributed by atoms with Crippen LogP contribution in [0.1, 0.15) is 30.7 Å². The Hall–Kier alpha value is -3.36. The van der Waals surface area contributed by atoms with Crippen molar-refractivity contribution < 1.29 is 9.21 Å². The second kappa shape index (κ2) is 9.12. The SMILES string of the molecule is CC(Sc1nc2ccccc2c(=O)n1C)C(=O)N1N=C(c2ccc(Cl)cc2)CC1c1ccco1. The molecule has 4 aromatic rings. The molecule has 9 heteroatoms. The summed E-state index contributed by atoms with van der Waals surface area (Å²) in [5.74, 6) is 0.465. The molecule has 3 heterocycles. The van der Waals surface area contributed by atoms with Crippen LogP contribution in [0.5, 0.6) is 0 Å². The number of carbonyl (C=O) groups excluding carboxylic acids is 1. The molecule has 0 spiro atoms. The van der Waals surface area contributed by atoms with Crippen LogP contribution < -0.4 is 5.56 Å². The Morgan fingerprint density at radius 2 is 1.91 bits per heavy atom. The number of amides is 1. The minimum atomic E-state index is -0.537. The largest absolute Gasteiger partial charge is 0.467 e. The van der Waals surface area contributed by atoms with Crippen molar-refractivity contribution in [3.05, 3.63) is 93.6 Å². The van der Waals surface area contributed by atoms with Gasteiger partial charge in [-0.05, 0) is 48.9 Å². The number of furan rings is 1. The van der Waals surface area contributed by atoms with Gasteiger partial charge in [0.2, 0.25) is 0 Å². The summed E-state index contributed by atoms with van der Waals surface area (Å²) in [7, 11) is 1.67. The van der Waals surface area contributed by atoms with Crippen LogP contribution in [0.3, 0.4) is 0 Å². The molecule has 0 N–H and O–H groups in total. The molecule has 2 unspecified atom stereocenters. The van der Waals surface area contributed by atoms with E-state index in [9.17, 15) is 9.59 Å². The highest BCUT2D eigenvalue weighted by Gasteiger charge is 2.37. The summed E-state index contributed by atoms with van der Waals surface area (Å²) in [6.07, 6.45) is 2.11. The maximum atomic E-state index is 13.6. The fourth-order valence-corrected chi connectivity index (χ4v) is 4.97. The van der Waals surface area contributed by atoms with Gasteiger partial charge < -0.3 is 4.42 Å². The highest BCUT2D eigenvalue weighted by Crippen LogP contribution is 2.35. The maximum absolute atomic E-state index is 13.6. The smallest absolute Gasteiger partial charge is 0.261 e. The third-order valence-corrected chi connectivity index (χ3v) is 7.14. The van der Waals surface area contributed by atoms with Crippen molar-refractivity contribution in [2.45, 2.75) is 29.8 Å². The quantitative estimate of drug-likeness (QED) is 0.288. The molecule has 0 radical (unpaired) electrons. The first-order valence-corrected chi connectivity index (χ1v) is 12.0. The van der Waals surface area contributed by atoms with Gasteiger partial charge in [0, 0.05) is 18.5 Å². The van der Waals surface area contributed by atoms with Gasteiger partial charge in [-0.25, -0.2) is 9.99 Å². The first-order valence-electron chi connectivity index (χ1n) is 10.7. The molecular weight excluding hydrogens is 472 g/mol. The average Bonchev–Trinajstić information content (AvgIpc) is 3.52. The number of fused-ring (bicyclic) bond motifs is 1.